The van der Waals surface area contributed by atoms with Gasteiger partial charge in [-0.05, 0) is 58.1 Å². The van der Waals surface area contributed by atoms with Crippen LogP contribution in [0.2, 0.25) is 0 Å². The van der Waals surface area contributed by atoms with Gasteiger partial charge in [-0.1, -0.05) is 6.07 Å². The van der Waals surface area contributed by atoms with Crippen molar-refractivity contribution < 1.29 is 14.7 Å². The second-order valence-electron chi connectivity index (χ2n) is 10.2. The van der Waals surface area contributed by atoms with Gasteiger partial charge in [0.25, 0.3) is 0 Å². The van der Waals surface area contributed by atoms with Crippen LogP contribution in [0.15, 0.2) is 24.5 Å². The number of aliphatic hydroxyl groups excluding tert-OH is 1. The molecule has 6 heterocycles. The monoisotopic (exact) mass is 489 g/mol. The Hall–Kier alpha value is -3.37. The normalized spacial score (nSPS) is 25.6. The summed E-state index contributed by atoms with van der Waals surface area (Å²) in [5, 5.41) is 17.4. The molecule has 1 amide bonds. The summed E-state index contributed by atoms with van der Waals surface area (Å²) in [5.74, 6) is -0.0921. The van der Waals surface area contributed by atoms with Gasteiger partial charge in [0.2, 0.25) is 5.91 Å². The second kappa shape index (κ2) is 8.94. The fraction of sp³-hybridized carbons (Fsp3) is 0.500. The average molecular weight is 490 g/mol. The quantitative estimate of drug-likeness (QED) is 0.464. The molecule has 4 atom stereocenters. The molecule has 36 heavy (non-hydrogen) atoms. The number of fused-ring (bicyclic) bond motifs is 3. The molecule has 0 radical (unpaired) electrons. The maximum Gasteiger partial charge on any atom is 0.248 e. The van der Waals surface area contributed by atoms with Gasteiger partial charge >= 0.3 is 0 Å². The summed E-state index contributed by atoms with van der Waals surface area (Å²) < 4.78 is 1.54. The number of Topliss-reactive ketones (excluding diaryl/α,β-unsaturated/α-hetero) is 1. The highest BCUT2D eigenvalue weighted by molar-refractivity contribution is 6.00. The van der Waals surface area contributed by atoms with E-state index in [0.29, 0.717) is 35.8 Å². The first-order valence-electron chi connectivity index (χ1n) is 12.8. The molecule has 3 fully saturated rings. The number of nitrogens with one attached hydrogen (secondary N) is 1. The van der Waals surface area contributed by atoms with Crippen molar-refractivity contribution in [1.82, 2.24) is 29.8 Å². The minimum atomic E-state index is -0.476. The molecule has 0 aliphatic carbocycles. The first-order valence-corrected chi connectivity index (χ1v) is 12.8. The Morgan fingerprint density at radius 2 is 1.94 bits per heavy atom. The van der Waals surface area contributed by atoms with Crippen LogP contribution in [0.4, 0.5) is 5.82 Å². The van der Waals surface area contributed by atoms with Crippen LogP contribution in [0.3, 0.4) is 0 Å². The summed E-state index contributed by atoms with van der Waals surface area (Å²) in [7, 11) is 0. The molecule has 6 rings (SSSR count). The molecule has 188 valence electrons. The molecule has 4 N–H and O–H groups in total. The smallest absolute Gasteiger partial charge is 0.248 e. The number of aromatic nitrogens is 4. The molecule has 2 bridgehead atoms. The van der Waals surface area contributed by atoms with E-state index in [9.17, 15) is 14.7 Å². The Morgan fingerprint density at radius 1 is 1.17 bits per heavy atom. The van der Waals surface area contributed by atoms with Crippen LogP contribution in [-0.4, -0.2) is 66.5 Å². The number of nitrogens with two attached hydrogens (primary N) is 1. The van der Waals surface area contributed by atoms with Crippen LogP contribution >= 0.6 is 0 Å². The van der Waals surface area contributed by atoms with Gasteiger partial charge in [0.15, 0.2) is 11.4 Å². The molecule has 2 unspecified atom stereocenters. The molecule has 10 nitrogen and oxygen atoms in total. The summed E-state index contributed by atoms with van der Waals surface area (Å²) in [6, 6.07) is 4.45. The van der Waals surface area contributed by atoms with Crippen molar-refractivity contribution in [3.63, 3.8) is 0 Å². The van der Waals surface area contributed by atoms with Crippen LogP contribution in [0.25, 0.3) is 16.8 Å². The molecule has 10 heteroatoms. The van der Waals surface area contributed by atoms with Gasteiger partial charge in [-0.3, -0.25) is 14.6 Å². The van der Waals surface area contributed by atoms with Gasteiger partial charge < -0.3 is 21.1 Å². The maximum absolute atomic E-state index is 12.7. The predicted molar refractivity (Wildman–Crippen MR) is 133 cm³/mol. The van der Waals surface area contributed by atoms with Crippen LogP contribution in [-0.2, 0) is 4.79 Å². The highest BCUT2D eigenvalue weighted by atomic mass is 16.3. The number of carbonyl (C=O) groups excluding carboxylic acids is 2. The zero-order chi connectivity index (χ0) is 25.0. The Bertz CT molecular complexity index is 1320. The lowest BCUT2D eigenvalue weighted by molar-refractivity contribution is -0.138. The number of aliphatic hydroxyl groups is 1. The Labute approximate surface area is 208 Å². The molecule has 3 aliphatic rings. The molecule has 3 aliphatic heterocycles. The van der Waals surface area contributed by atoms with Crippen LogP contribution in [0, 0.1) is 0 Å². The number of anilines is 1. The van der Waals surface area contributed by atoms with E-state index in [1.807, 2.05) is 23.2 Å². The van der Waals surface area contributed by atoms with E-state index in [2.05, 4.69) is 10.4 Å². The van der Waals surface area contributed by atoms with Crippen LogP contribution in [0.5, 0.6) is 0 Å². The number of hydrogen-bond donors (Lipinski definition) is 3. The largest absolute Gasteiger partial charge is 0.387 e. The van der Waals surface area contributed by atoms with E-state index in [4.69, 9.17) is 15.7 Å². The number of piperidine rings is 1. The summed E-state index contributed by atoms with van der Waals surface area (Å²) in [4.78, 5) is 36.6. The number of ketones is 1. The van der Waals surface area contributed by atoms with Gasteiger partial charge in [0.05, 0.1) is 23.1 Å². The number of hydrogen-bond acceptors (Lipinski definition) is 8. The van der Waals surface area contributed by atoms with Crippen molar-refractivity contribution >= 4 is 23.2 Å². The summed E-state index contributed by atoms with van der Waals surface area (Å²) in [6.45, 7) is 2.05. The van der Waals surface area contributed by atoms with Crippen molar-refractivity contribution in [3.8, 4) is 11.1 Å². The lowest BCUT2D eigenvalue weighted by Gasteiger charge is -2.39. The number of rotatable bonds is 5. The van der Waals surface area contributed by atoms with Crippen molar-refractivity contribution in [2.24, 2.45) is 0 Å². The SMILES string of the molecule is CC(=O)c1c(C2C[C@H]3CC[C@@H](C2)N3C(=O)CO)nc2c(-c3ccc(C4CCCN4)nc3)cnn2c1N. The Balaban J connectivity index is 1.40. The molecule has 3 aromatic heterocycles. The van der Waals surface area contributed by atoms with E-state index < -0.39 is 6.61 Å². The first kappa shape index (κ1) is 23.1. The fourth-order valence-corrected chi connectivity index (χ4v) is 6.49. The lowest BCUT2D eigenvalue weighted by Crippen LogP contribution is -2.47. The molecular formula is C26H31N7O3. The van der Waals surface area contributed by atoms with Crippen molar-refractivity contribution in [1.29, 1.82) is 0 Å². The minimum absolute atomic E-state index is 0.00636. The van der Waals surface area contributed by atoms with Crippen LogP contribution < -0.4 is 11.1 Å². The van der Waals surface area contributed by atoms with Crippen LogP contribution in [0.1, 0.15) is 79.2 Å². The number of nitrogens with zero attached hydrogens (tertiary/aromatic N) is 5. The Kier molecular flexibility index (Phi) is 5.72. The zero-order valence-electron chi connectivity index (χ0n) is 20.4. The summed E-state index contributed by atoms with van der Waals surface area (Å²) in [5.41, 5.74) is 10.9. The summed E-state index contributed by atoms with van der Waals surface area (Å²) in [6.07, 6.45) is 8.99. The molecule has 0 saturated carbocycles. The summed E-state index contributed by atoms with van der Waals surface area (Å²) >= 11 is 0. The Morgan fingerprint density at radius 3 is 2.56 bits per heavy atom. The van der Waals surface area contributed by atoms with E-state index in [1.165, 1.54) is 6.92 Å². The van der Waals surface area contributed by atoms with Crippen molar-refractivity contribution in [3.05, 3.63) is 41.5 Å². The molecule has 3 aromatic rings. The highest BCUT2D eigenvalue weighted by Gasteiger charge is 2.44. The number of pyridine rings is 1. The third kappa shape index (κ3) is 3.67. The van der Waals surface area contributed by atoms with Gasteiger partial charge in [0, 0.05) is 41.4 Å². The van der Waals surface area contributed by atoms with E-state index in [1.54, 1.807) is 10.7 Å². The highest BCUT2D eigenvalue weighted by Crippen LogP contribution is 2.44. The van der Waals surface area contributed by atoms with Gasteiger partial charge in [-0.15, -0.1) is 0 Å². The standard InChI is InChI=1S/C26H31N7O3/c1-14(35)23-24(16-9-17-5-6-18(10-16)32(17)22(36)13-34)31-26-19(12-30-33(26)25(23)27)15-4-7-21(29-11-15)20-3-2-8-28-20/h4,7,11-12,16-18,20,28,34H,2-3,5-6,8-10,13,27H2,1H3/t16?,17-,18+,20?. The third-order valence-corrected chi connectivity index (χ3v) is 8.12. The number of nitrogen functional groups attached to an aromatic ring is 1. The maximum atomic E-state index is 12.7. The van der Waals surface area contributed by atoms with Gasteiger partial charge in [-0.25, -0.2) is 4.98 Å². The van der Waals surface area contributed by atoms with E-state index in [0.717, 1.165) is 49.0 Å². The molecular weight excluding hydrogens is 458 g/mol. The van der Waals surface area contributed by atoms with E-state index in [-0.39, 0.29) is 35.5 Å². The molecule has 3 saturated heterocycles. The third-order valence-electron chi connectivity index (χ3n) is 8.12. The lowest BCUT2D eigenvalue weighted by atomic mass is 9.85. The minimum Gasteiger partial charge on any atom is -0.387 e. The van der Waals surface area contributed by atoms with E-state index >= 15 is 0 Å². The fourth-order valence-electron chi connectivity index (χ4n) is 6.49. The van der Waals surface area contributed by atoms with Crippen molar-refractivity contribution in [2.75, 3.05) is 18.9 Å². The second-order valence-corrected chi connectivity index (χ2v) is 10.2. The van der Waals surface area contributed by atoms with Crippen molar-refractivity contribution in [2.45, 2.75) is 69.5 Å². The topological polar surface area (TPSA) is 139 Å². The zero-order valence-corrected chi connectivity index (χ0v) is 20.4. The number of amides is 1. The predicted octanol–water partition coefficient (Wildman–Crippen LogP) is 2.23. The van der Waals surface area contributed by atoms with Gasteiger partial charge in [0.1, 0.15) is 12.4 Å². The van der Waals surface area contributed by atoms with Gasteiger partial charge in [-0.2, -0.15) is 9.61 Å². The number of carbonyl (C=O) groups is 2. The average Bonchev–Trinajstić information content (AvgIpc) is 3.62. The first-order chi connectivity index (χ1) is 17.5. The molecule has 0 spiro atoms. The molecule has 0 aromatic carbocycles.